The quantitative estimate of drug-likeness (QED) is 0.476. The van der Waals surface area contributed by atoms with Crippen molar-refractivity contribution in [3.05, 3.63) is 29.8 Å². The van der Waals surface area contributed by atoms with Crippen molar-refractivity contribution >= 4 is 28.9 Å². The van der Waals surface area contributed by atoms with Crippen LogP contribution >= 0.6 is 11.8 Å². The van der Waals surface area contributed by atoms with Crippen molar-refractivity contribution in [2.24, 2.45) is 0 Å². The van der Waals surface area contributed by atoms with E-state index in [-0.39, 0.29) is 28.3 Å². The first-order valence-corrected chi connectivity index (χ1v) is 16.8. The zero-order valence-electron chi connectivity index (χ0n) is 21.1. The monoisotopic (exact) mass is 498 g/mol. The van der Waals surface area contributed by atoms with E-state index in [1.54, 1.807) is 11.8 Å². The van der Waals surface area contributed by atoms with E-state index in [0.29, 0.717) is 6.61 Å². The molecule has 0 amide bonds. The third-order valence-corrected chi connectivity index (χ3v) is 18.3. The molecule has 1 aromatic carbocycles. The predicted molar refractivity (Wildman–Crippen MR) is 136 cm³/mol. The molecule has 182 valence electrons. The zero-order valence-corrected chi connectivity index (χ0v) is 23.9. The summed E-state index contributed by atoms with van der Waals surface area (Å²) in [6.45, 7) is 20.1. The minimum Gasteiger partial charge on any atom is -0.414 e. The van der Waals surface area contributed by atoms with Gasteiger partial charge in [-0.05, 0) is 41.2 Å². The van der Waals surface area contributed by atoms with Gasteiger partial charge in [0.05, 0.1) is 6.61 Å². The van der Waals surface area contributed by atoms with Gasteiger partial charge in [0.2, 0.25) is 0 Å². The van der Waals surface area contributed by atoms with Crippen LogP contribution in [0.3, 0.4) is 0 Å². The molecule has 3 rings (SSSR count). The molecule has 5 nitrogen and oxygen atoms in total. The number of aliphatic hydroxyl groups excluding tert-OH is 1. The highest BCUT2D eigenvalue weighted by molar-refractivity contribution is 7.99. The number of benzene rings is 1. The fraction of sp³-hybridized carbons (Fsp3) is 0.750. The van der Waals surface area contributed by atoms with E-state index in [1.807, 2.05) is 0 Å². The van der Waals surface area contributed by atoms with Crippen LogP contribution in [-0.4, -0.2) is 52.6 Å². The van der Waals surface area contributed by atoms with Crippen molar-refractivity contribution in [2.75, 3.05) is 6.61 Å². The third-order valence-electron chi connectivity index (χ3n) is 6.90. The molecule has 0 aliphatic carbocycles. The number of aliphatic hydroxyl groups is 1. The highest BCUT2D eigenvalue weighted by atomic mass is 32.2. The van der Waals surface area contributed by atoms with Crippen LogP contribution in [0.1, 0.15) is 61.0 Å². The van der Waals surface area contributed by atoms with Crippen LogP contribution in [0.2, 0.25) is 22.2 Å². The minimum absolute atomic E-state index is 0.227. The van der Waals surface area contributed by atoms with Gasteiger partial charge in [-0.3, -0.25) is 0 Å². The molecule has 0 spiro atoms. The molecule has 0 bridgehead atoms. The number of thioether (sulfide) groups is 1. The van der Waals surface area contributed by atoms with Gasteiger partial charge < -0.3 is 22.8 Å². The number of hydrogen-bond acceptors (Lipinski definition) is 6. The van der Waals surface area contributed by atoms with E-state index in [1.165, 1.54) is 5.56 Å². The Bertz CT molecular complexity index is 739. The zero-order chi connectivity index (χ0) is 23.8. The van der Waals surface area contributed by atoms with Crippen molar-refractivity contribution in [2.45, 2.75) is 113 Å². The van der Waals surface area contributed by atoms with Crippen molar-refractivity contribution in [1.29, 1.82) is 0 Å². The van der Waals surface area contributed by atoms with E-state index in [2.05, 4.69) is 86.6 Å². The maximum atomic E-state index is 11.3. The SMILES string of the molecule is Cc1ccc(S[C@H]2O[C@@H]3CO[Si](C(C)C)(C(C)C)O[Si](C(C)C)(C(C)C)O[C@H]3[C@@H]2O)cc1. The van der Waals surface area contributed by atoms with Crippen LogP contribution in [-0.2, 0) is 17.7 Å². The lowest BCUT2D eigenvalue weighted by molar-refractivity contribution is -0.0315. The highest BCUT2D eigenvalue weighted by Crippen LogP contribution is 2.48. The van der Waals surface area contributed by atoms with E-state index >= 15 is 0 Å². The van der Waals surface area contributed by atoms with Crippen LogP contribution in [0.15, 0.2) is 29.2 Å². The van der Waals surface area contributed by atoms with Crippen molar-refractivity contribution < 1.29 is 22.8 Å². The van der Waals surface area contributed by atoms with Gasteiger partial charge in [-0.15, -0.1) is 0 Å². The molecule has 2 fully saturated rings. The summed E-state index contributed by atoms with van der Waals surface area (Å²) in [5.41, 5.74) is 1.85. The molecule has 0 unspecified atom stereocenters. The summed E-state index contributed by atoms with van der Waals surface area (Å²) in [6.07, 6.45) is -1.48. The number of fused-ring (bicyclic) bond motifs is 1. The van der Waals surface area contributed by atoms with Gasteiger partial charge in [0.1, 0.15) is 23.7 Å². The van der Waals surface area contributed by atoms with Gasteiger partial charge in [0.25, 0.3) is 0 Å². The highest BCUT2D eigenvalue weighted by Gasteiger charge is 2.61. The second-order valence-electron chi connectivity index (χ2n) is 10.5. The van der Waals surface area contributed by atoms with Gasteiger partial charge >= 0.3 is 17.1 Å². The van der Waals surface area contributed by atoms with Crippen molar-refractivity contribution in [1.82, 2.24) is 0 Å². The Hall–Kier alpha value is -0.196. The van der Waals surface area contributed by atoms with Crippen LogP contribution in [0.4, 0.5) is 0 Å². The Morgan fingerprint density at radius 3 is 1.91 bits per heavy atom. The average molecular weight is 499 g/mol. The lowest BCUT2D eigenvalue weighted by atomic mass is 10.2. The summed E-state index contributed by atoms with van der Waals surface area (Å²) in [4.78, 5) is 1.08. The Morgan fingerprint density at radius 1 is 0.875 bits per heavy atom. The van der Waals surface area contributed by atoms with E-state index in [9.17, 15) is 5.11 Å². The minimum atomic E-state index is -2.75. The summed E-state index contributed by atoms with van der Waals surface area (Å²) in [5.74, 6) is 0. The first kappa shape index (κ1) is 26.4. The maximum Gasteiger partial charge on any atom is 0.335 e. The molecule has 2 aliphatic heterocycles. The molecule has 2 aliphatic rings. The van der Waals surface area contributed by atoms with E-state index < -0.39 is 34.8 Å². The second-order valence-corrected chi connectivity index (χ2v) is 20.5. The molecule has 0 aromatic heterocycles. The number of aryl methyl sites for hydroxylation is 1. The van der Waals surface area contributed by atoms with Gasteiger partial charge in [0, 0.05) is 4.90 Å². The fourth-order valence-electron chi connectivity index (χ4n) is 4.97. The van der Waals surface area contributed by atoms with Gasteiger partial charge in [0.15, 0.2) is 0 Å². The molecule has 1 N–H and O–H groups in total. The van der Waals surface area contributed by atoms with Gasteiger partial charge in [-0.2, -0.15) is 0 Å². The Balaban J connectivity index is 1.96. The third kappa shape index (κ3) is 4.93. The molecule has 2 heterocycles. The summed E-state index contributed by atoms with van der Waals surface area (Å²) < 4.78 is 27.3. The topological polar surface area (TPSA) is 57.2 Å². The lowest BCUT2D eigenvalue weighted by Crippen LogP contribution is -2.65. The van der Waals surface area contributed by atoms with Gasteiger partial charge in [-0.25, -0.2) is 0 Å². The molecule has 1 aromatic rings. The molecule has 0 radical (unpaired) electrons. The normalized spacial score (nSPS) is 30.1. The molecule has 32 heavy (non-hydrogen) atoms. The van der Waals surface area contributed by atoms with Gasteiger partial charge in [-0.1, -0.05) is 84.8 Å². The largest absolute Gasteiger partial charge is 0.414 e. The maximum absolute atomic E-state index is 11.3. The first-order valence-electron chi connectivity index (χ1n) is 12.0. The van der Waals surface area contributed by atoms with Crippen molar-refractivity contribution in [3.8, 4) is 0 Å². The average Bonchev–Trinajstić information content (AvgIpc) is 2.97. The number of rotatable bonds is 6. The lowest BCUT2D eigenvalue weighted by Gasteiger charge is -2.51. The second kappa shape index (κ2) is 10.2. The summed E-state index contributed by atoms with van der Waals surface area (Å²) in [7, 11) is -5.35. The van der Waals surface area contributed by atoms with Crippen molar-refractivity contribution in [3.63, 3.8) is 0 Å². The summed E-state index contributed by atoms with van der Waals surface area (Å²) >= 11 is 1.56. The van der Waals surface area contributed by atoms with Crippen LogP contribution in [0.25, 0.3) is 0 Å². The van der Waals surface area contributed by atoms with Crippen LogP contribution in [0.5, 0.6) is 0 Å². The molecule has 4 atom stereocenters. The summed E-state index contributed by atoms with van der Waals surface area (Å²) in [5, 5.41) is 11.3. The Kier molecular flexibility index (Phi) is 8.41. The van der Waals surface area contributed by atoms with Crippen LogP contribution in [0, 0.1) is 6.92 Å². The Labute approximate surface area is 201 Å². The smallest absolute Gasteiger partial charge is 0.335 e. The fourth-order valence-corrected chi connectivity index (χ4v) is 17.2. The molecule has 0 saturated carbocycles. The molecule has 2 saturated heterocycles. The van der Waals surface area contributed by atoms with Crippen LogP contribution < -0.4 is 0 Å². The standard InChI is InChI=1S/C24H42O5SSi2/c1-15(2)31(16(3)4)26-14-21-23(28-32(29-31,17(5)6)18(7)8)22(25)24(27-21)30-20-12-10-19(9)11-13-20/h10-13,15-18,21-25H,14H2,1-9H3/t21-,22+,23-,24-/m1/s1. The molecular formula is C24H42O5SSi2. The predicted octanol–water partition coefficient (Wildman–Crippen LogP) is 6.13. The summed E-state index contributed by atoms with van der Waals surface area (Å²) in [6, 6.07) is 8.32. The van der Waals surface area contributed by atoms with E-state index in [0.717, 1.165) is 4.90 Å². The first-order chi connectivity index (χ1) is 14.9. The Morgan fingerprint density at radius 2 is 1.41 bits per heavy atom. The number of hydrogen-bond donors (Lipinski definition) is 1. The molecule has 8 heteroatoms. The number of ether oxygens (including phenoxy) is 1. The van der Waals surface area contributed by atoms with E-state index in [4.69, 9.17) is 17.7 Å². The molecular weight excluding hydrogens is 456 g/mol.